The highest BCUT2D eigenvalue weighted by Crippen LogP contribution is 2.31. The Labute approximate surface area is 262 Å². The minimum Gasteiger partial charge on any atom is -0.480 e. The van der Waals surface area contributed by atoms with Crippen molar-refractivity contribution in [2.45, 2.75) is 38.2 Å². The van der Waals surface area contributed by atoms with E-state index in [1.54, 1.807) is 24.0 Å². The van der Waals surface area contributed by atoms with Gasteiger partial charge in [0.25, 0.3) is 15.9 Å². The highest BCUT2D eigenvalue weighted by atomic mass is 32.2. The third-order valence-corrected chi connectivity index (χ3v) is 7.85. The number of rotatable bonds is 10. The van der Waals surface area contributed by atoms with Crippen molar-refractivity contribution in [3.8, 4) is 5.75 Å². The van der Waals surface area contributed by atoms with Gasteiger partial charge in [-0.2, -0.15) is 0 Å². The molecule has 0 bridgehead atoms. The monoisotopic (exact) mass is 639 g/mol. The summed E-state index contributed by atoms with van der Waals surface area (Å²) in [5.41, 5.74) is 1.02. The number of nitrogens with zero attached hydrogens (tertiary/aromatic N) is 3. The first-order chi connectivity index (χ1) is 21.3. The van der Waals surface area contributed by atoms with Gasteiger partial charge in [0.05, 0.1) is 12.3 Å². The average molecular weight is 640 g/mol. The maximum absolute atomic E-state index is 13.1. The van der Waals surface area contributed by atoms with E-state index in [0.717, 1.165) is 5.69 Å². The lowest BCUT2D eigenvalue weighted by Gasteiger charge is -2.36. The molecule has 1 saturated heterocycles. The van der Waals surface area contributed by atoms with Crippen LogP contribution >= 0.6 is 0 Å². The second-order valence-corrected chi connectivity index (χ2v) is 12.7. The number of esters is 1. The van der Waals surface area contributed by atoms with E-state index in [2.05, 4.69) is 19.9 Å². The van der Waals surface area contributed by atoms with Crippen LogP contribution in [0.1, 0.15) is 38.1 Å². The van der Waals surface area contributed by atoms with Crippen LogP contribution in [0.25, 0.3) is 0 Å². The summed E-state index contributed by atoms with van der Waals surface area (Å²) in [6.07, 6.45) is 2.31. The van der Waals surface area contributed by atoms with Gasteiger partial charge in [0.1, 0.15) is 16.2 Å². The number of carbonyl (C=O) groups is 3. The number of anilines is 3. The molecule has 1 fully saturated rings. The molecule has 0 spiro atoms. The summed E-state index contributed by atoms with van der Waals surface area (Å²) < 4.78 is 44.3. The average Bonchev–Trinajstić information content (AvgIpc) is 3.00. The zero-order valence-electron chi connectivity index (χ0n) is 25.6. The van der Waals surface area contributed by atoms with Gasteiger partial charge in [0.15, 0.2) is 6.61 Å². The van der Waals surface area contributed by atoms with E-state index >= 15 is 0 Å². The number of carbonyl (C=O) groups excluding carboxylic acids is 3. The van der Waals surface area contributed by atoms with E-state index in [4.69, 9.17) is 14.2 Å². The summed E-state index contributed by atoms with van der Waals surface area (Å²) in [6, 6.07) is 14.3. The van der Waals surface area contributed by atoms with Gasteiger partial charge >= 0.3 is 12.1 Å². The van der Waals surface area contributed by atoms with Crippen molar-refractivity contribution in [3.63, 3.8) is 0 Å². The molecule has 3 aromatic rings. The van der Waals surface area contributed by atoms with Crippen LogP contribution < -0.4 is 19.7 Å². The lowest BCUT2D eigenvalue weighted by molar-refractivity contribution is -0.145. The number of sulfonamides is 1. The largest absolute Gasteiger partial charge is 0.480 e. The van der Waals surface area contributed by atoms with E-state index in [0.29, 0.717) is 31.7 Å². The summed E-state index contributed by atoms with van der Waals surface area (Å²) in [5, 5.41) is 2.77. The van der Waals surface area contributed by atoms with Gasteiger partial charge in [0.2, 0.25) is 0 Å². The number of amides is 2. The third kappa shape index (κ3) is 9.32. The second kappa shape index (κ2) is 14.3. The van der Waals surface area contributed by atoms with Crippen molar-refractivity contribution < 1.29 is 37.0 Å². The Morgan fingerprint density at radius 3 is 2.31 bits per heavy atom. The van der Waals surface area contributed by atoms with Crippen LogP contribution in [0.4, 0.5) is 21.9 Å². The Morgan fingerprint density at radius 2 is 1.69 bits per heavy atom. The highest BCUT2D eigenvalue weighted by molar-refractivity contribution is 7.92. The van der Waals surface area contributed by atoms with Crippen molar-refractivity contribution in [1.82, 2.24) is 9.88 Å². The molecule has 2 N–H and O–H groups in total. The normalized spacial score (nSPS) is 13.5. The van der Waals surface area contributed by atoms with Crippen LogP contribution in [-0.4, -0.2) is 81.3 Å². The molecule has 0 saturated carbocycles. The number of piperazine rings is 1. The molecule has 1 aliphatic heterocycles. The van der Waals surface area contributed by atoms with Crippen molar-refractivity contribution in [1.29, 1.82) is 0 Å². The van der Waals surface area contributed by atoms with E-state index in [9.17, 15) is 22.8 Å². The molecular formula is C31H37N5O8S. The van der Waals surface area contributed by atoms with Crippen molar-refractivity contribution in [2.75, 3.05) is 54.3 Å². The van der Waals surface area contributed by atoms with Crippen LogP contribution in [0.15, 0.2) is 71.9 Å². The summed E-state index contributed by atoms with van der Waals surface area (Å²) in [7, 11) is -4.07. The first-order valence-electron chi connectivity index (χ1n) is 14.3. The Morgan fingerprint density at radius 1 is 0.978 bits per heavy atom. The van der Waals surface area contributed by atoms with Crippen LogP contribution in [0.2, 0.25) is 0 Å². The molecule has 14 heteroatoms. The molecule has 0 unspecified atom stereocenters. The van der Waals surface area contributed by atoms with E-state index in [-0.39, 0.29) is 34.7 Å². The van der Waals surface area contributed by atoms with Crippen molar-refractivity contribution in [3.05, 3.63) is 72.6 Å². The first kappa shape index (κ1) is 33.1. The van der Waals surface area contributed by atoms with Gasteiger partial charge in [-0.25, -0.2) is 18.0 Å². The first-order valence-corrected chi connectivity index (χ1v) is 15.8. The lowest BCUT2D eigenvalue weighted by atomic mass is 10.1. The molecule has 2 heterocycles. The van der Waals surface area contributed by atoms with Gasteiger partial charge in [-0.05, 0) is 82.3 Å². The zero-order chi connectivity index (χ0) is 32.6. The standard InChI is InChI=1S/C31H37N5O8S/c1-5-42-28(37)21-43-27-13-10-23(19-26(27)34-45(40,41)25-7-6-14-32-20-25)33-29(38)22-8-11-24(12-9-22)35-15-17-36(18-16-35)30(39)44-31(2,3)4/h6-14,19-20,34H,5,15-18,21H2,1-4H3,(H,33,38). The molecule has 4 rings (SSSR count). The summed E-state index contributed by atoms with van der Waals surface area (Å²) in [4.78, 5) is 44.9. The predicted octanol–water partition coefficient (Wildman–Crippen LogP) is 4.13. The molecule has 0 aliphatic carbocycles. The van der Waals surface area contributed by atoms with Gasteiger partial charge in [-0.15, -0.1) is 0 Å². The van der Waals surface area contributed by atoms with Crippen LogP contribution in [0.3, 0.4) is 0 Å². The highest BCUT2D eigenvalue weighted by Gasteiger charge is 2.26. The molecule has 0 radical (unpaired) electrons. The summed E-state index contributed by atoms with van der Waals surface area (Å²) in [6.45, 7) is 9.16. The molecule has 45 heavy (non-hydrogen) atoms. The van der Waals surface area contributed by atoms with Crippen LogP contribution in [0.5, 0.6) is 5.75 Å². The number of hydrogen-bond acceptors (Lipinski definition) is 10. The Kier molecular flexibility index (Phi) is 10.5. The number of aromatic nitrogens is 1. The Hall–Kier alpha value is -4.85. The fourth-order valence-corrected chi connectivity index (χ4v) is 5.39. The number of pyridine rings is 1. The van der Waals surface area contributed by atoms with Gasteiger partial charge in [-0.3, -0.25) is 14.5 Å². The maximum atomic E-state index is 13.1. The molecule has 1 aliphatic rings. The smallest absolute Gasteiger partial charge is 0.410 e. The molecule has 1 aromatic heterocycles. The van der Waals surface area contributed by atoms with Gasteiger partial charge < -0.3 is 29.3 Å². The third-order valence-electron chi connectivity index (χ3n) is 6.50. The summed E-state index contributed by atoms with van der Waals surface area (Å²) in [5.74, 6) is -0.980. The Balaban J connectivity index is 1.44. The van der Waals surface area contributed by atoms with E-state index in [1.165, 1.54) is 42.7 Å². The molecule has 13 nitrogen and oxygen atoms in total. The van der Waals surface area contributed by atoms with Gasteiger partial charge in [0, 0.05) is 55.5 Å². The molecule has 240 valence electrons. The SMILES string of the molecule is CCOC(=O)COc1ccc(NC(=O)c2ccc(N3CCN(C(=O)OC(C)(C)C)CC3)cc2)cc1NS(=O)(=O)c1cccnc1. The van der Waals surface area contributed by atoms with Crippen molar-refractivity contribution >= 4 is 45.1 Å². The molecule has 0 atom stereocenters. The second-order valence-electron chi connectivity index (χ2n) is 11.1. The number of nitrogens with one attached hydrogen (secondary N) is 2. The molecule has 2 amide bonds. The Bertz CT molecular complexity index is 1600. The fourth-order valence-electron chi connectivity index (χ4n) is 4.36. The van der Waals surface area contributed by atoms with Crippen LogP contribution in [0, 0.1) is 0 Å². The van der Waals surface area contributed by atoms with Crippen molar-refractivity contribution in [2.24, 2.45) is 0 Å². The zero-order valence-corrected chi connectivity index (χ0v) is 26.4. The fraction of sp³-hybridized carbons (Fsp3) is 0.355. The number of ether oxygens (including phenoxy) is 3. The van der Waals surface area contributed by atoms with Crippen LogP contribution in [-0.2, 0) is 24.3 Å². The minimum atomic E-state index is -4.07. The predicted molar refractivity (Wildman–Crippen MR) is 168 cm³/mol. The minimum absolute atomic E-state index is 0.00169. The van der Waals surface area contributed by atoms with Gasteiger partial charge in [-0.1, -0.05) is 0 Å². The lowest BCUT2D eigenvalue weighted by Crippen LogP contribution is -2.50. The van der Waals surface area contributed by atoms with E-state index < -0.39 is 34.1 Å². The quantitative estimate of drug-likeness (QED) is 0.309. The molecule has 2 aromatic carbocycles. The number of benzene rings is 2. The van der Waals surface area contributed by atoms with E-state index in [1.807, 2.05) is 32.9 Å². The number of hydrogen-bond donors (Lipinski definition) is 2. The topological polar surface area (TPSA) is 156 Å². The molecular weight excluding hydrogens is 602 g/mol. The summed E-state index contributed by atoms with van der Waals surface area (Å²) >= 11 is 0. The maximum Gasteiger partial charge on any atom is 0.410 e.